The molecule has 0 aromatic heterocycles. The number of hydrogen-bond acceptors (Lipinski definition) is 4. The fourth-order valence-electron chi connectivity index (χ4n) is 2.53. The van der Waals surface area contributed by atoms with E-state index in [0.717, 1.165) is 0 Å². The molecule has 33 heavy (non-hydrogen) atoms. The molecule has 15 heteroatoms. The van der Waals surface area contributed by atoms with Gasteiger partial charge in [0.2, 0.25) is 0 Å². The fraction of sp³-hybridized carbons (Fsp3) is 0.278. The molecule has 2 rings (SSSR count). The molecule has 5 nitrogen and oxygen atoms in total. The molecule has 0 fully saturated rings. The van der Waals surface area contributed by atoms with Gasteiger partial charge in [-0.1, -0.05) is 6.07 Å². The normalized spacial score (nSPS) is 12.6. The zero-order valence-electron chi connectivity index (χ0n) is 15.8. The van der Waals surface area contributed by atoms with Crippen LogP contribution in [0.5, 0.6) is 0 Å². The monoisotopic (exact) mass is 494 g/mol. The van der Waals surface area contributed by atoms with Gasteiger partial charge in [-0.15, -0.1) is 0 Å². The second-order valence-electron chi connectivity index (χ2n) is 6.26. The second kappa shape index (κ2) is 9.43. The molecule has 2 aromatic rings. The van der Waals surface area contributed by atoms with Crippen LogP contribution in [0.1, 0.15) is 15.9 Å². The average Bonchev–Trinajstić information content (AvgIpc) is 2.70. The molecule has 0 aliphatic heterocycles. The molecule has 0 bridgehead atoms. The summed E-state index contributed by atoms with van der Waals surface area (Å²) < 4.78 is 133. The number of hydroxylamine groups is 1. The van der Waals surface area contributed by atoms with E-state index < -0.39 is 83.2 Å². The number of amides is 1. The van der Waals surface area contributed by atoms with E-state index in [1.165, 1.54) is 0 Å². The molecule has 1 amide bonds. The molecule has 0 radical (unpaired) electrons. The standard InChI is InChI=1S/C18H12F10N2O3/c19-10-3-2-9(15(32)30-33-6-5-31)14(13(10)21)29-12-4-1-8(7-11(12)20)16(22,17(23,24)25)18(26,27)28/h1-4,7,29,31H,5-6H2,(H,30,32). The lowest BCUT2D eigenvalue weighted by atomic mass is 9.93. The van der Waals surface area contributed by atoms with Gasteiger partial charge in [-0.3, -0.25) is 9.63 Å². The lowest BCUT2D eigenvalue weighted by Crippen LogP contribution is -2.50. The van der Waals surface area contributed by atoms with Gasteiger partial charge in [0.1, 0.15) is 5.82 Å². The van der Waals surface area contributed by atoms with Crippen molar-refractivity contribution >= 4 is 17.3 Å². The number of aliphatic hydroxyl groups is 1. The van der Waals surface area contributed by atoms with Crippen molar-refractivity contribution < 1.29 is 58.6 Å². The highest BCUT2D eigenvalue weighted by atomic mass is 19.4. The van der Waals surface area contributed by atoms with Crippen molar-refractivity contribution in [2.24, 2.45) is 0 Å². The highest BCUT2D eigenvalue weighted by Gasteiger charge is 2.73. The number of alkyl halides is 7. The zero-order chi connectivity index (χ0) is 25.2. The molecule has 0 aliphatic rings. The average molecular weight is 494 g/mol. The summed E-state index contributed by atoms with van der Waals surface area (Å²) in [6, 6.07) is 0.915. The maximum atomic E-state index is 14.3. The molecule has 2 aromatic carbocycles. The minimum Gasteiger partial charge on any atom is -0.394 e. The van der Waals surface area contributed by atoms with Crippen molar-refractivity contribution in [1.82, 2.24) is 5.48 Å². The molecule has 0 saturated carbocycles. The third-order valence-electron chi connectivity index (χ3n) is 4.11. The summed E-state index contributed by atoms with van der Waals surface area (Å²) >= 11 is 0. The Morgan fingerprint density at radius 1 is 0.909 bits per heavy atom. The van der Waals surface area contributed by atoms with Gasteiger partial charge in [-0.25, -0.2) is 23.0 Å². The van der Waals surface area contributed by atoms with Crippen LogP contribution in [0.15, 0.2) is 30.3 Å². The Balaban J connectivity index is 2.49. The third-order valence-corrected chi connectivity index (χ3v) is 4.11. The summed E-state index contributed by atoms with van der Waals surface area (Å²) in [6.45, 7) is -0.940. The molecule has 0 heterocycles. The molecule has 0 saturated heterocycles. The molecule has 0 spiro atoms. The van der Waals surface area contributed by atoms with Crippen LogP contribution in [0, 0.1) is 17.5 Å². The number of carbonyl (C=O) groups excluding carboxylic acids is 1. The topological polar surface area (TPSA) is 70.6 Å². The van der Waals surface area contributed by atoms with Gasteiger partial charge in [-0.05, 0) is 24.3 Å². The Hall–Kier alpha value is -3.07. The van der Waals surface area contributed by atoms with Gasteiger partial charge in [0.05, 0.1) is 30.2 Å². The van der Waals surface area contributed by atoms with Gasteiger partial charge in [0.15, 0.2) is 11.6 Å². The lowest BCUT2D eigenvalue weighted by Gasteiger charge is -2.30. The molecule has 0 atom stereocenters. The number of carbonyl (C=O) groups is 1. The van der Waals surface area contributed by atoms with Gasteiger partial charge >= 0.3 is 18.0 Å². The van der Waals surface area contributed by atoms with Gasteiger partial charge in [-0.2, -0.15) is 26.3 Å². The van der Waals surface area contributed by atoms with E-state index in [1.54, 1.807) is 5.48 Å². The van der Waals surface area contributed by atoms with E-state index in [0.29, 0.717) is 12.1 Å². The van der Waals surface area contributed by atoms with E-state index in [9.17, 15) is 48.7 Å². The number of nitrogens with one attached hydrogen (secondary N) is 2. The van der Waals surface area contributed by atoms with E-state index >= 15 is 0 Å². The first-order chi connectivity index (χ1) is 15.1. The Labute approximate surface area is 177 Å². The van der Waals surface area contributed by atoms with E-state index in [-0.39, 0.29) is 12.1 Å². The van der Waals surface area contributed by atoms with Crippen molar-refractivity contribution in [1.29, 1.82) is 0 Å². The predicted molar refractivity (Wildman–Crippen MR) is 91.4 cm³/mol. The van der Waals surface area contributed by atoms with Crippen LogP contribution in [-0.4, -0.2) is 36.6 Å². The van der Waals surface area contributed by atoms with Crippen molar-refractivity contribution in [3.05, 3.63) is 58.9 Å². The highest BCUT2D eigenvalue weighted by molar-refractivity contribution is 6.00. The van der Waals surface area contributed by atoms with Crippen LogP contribution in [0.3, 0.4) is 0 Å². The molecular formula is C18H12F10N2O3. The SMILES string of the molecule is O=C(NOCCO)c1ccc(F)c(F)c1Nc1ccc(C(F)(C(F)(F)F)C(F)(F)F)cc1F. The molecular weight excluding hydrogens is 482 g/mol. The fourth-order valence-corrected chi connectivity index (χ4v) is 2.53. The molecule has 182 valence electrons. The number of anilines is 2. The van der Waals surface area contributed by atoms with Crippen LogP contribution in [0.4, 0.5) is 55.3 Å². The Morgan fingerprint density at radius 3 is 2.03 bits per heavy atom. The summed E-state index contributed by atoms with van der Waals surface area (Å²) in [5.41, 5.74) is -9.14. The van der Waals surface area contributed by atoms with Crippen molar-refractivity contribution in [2.45, 2.75) is 18.0 Å². The van der Waals surface area contributed by atoms with Crippen molar-refractivity contribution in [3.63, 3.8) is 0 Å². The number of hydrogen-bond donors (Lipinski definition) is 3. The largest absolute Gasteiger partial charge is 0.435 e. The van der Waals surface area contributed by atoms with Gasteiger partial charge in [0, 0.05) is 5.56 Å². The van der Waals surface area contributed by atoms with E-state index in [1.807, 2.05) is 5.32 Å². The predicted octanol–water partition coefficient (Wildman–Crippen LogP) is 4.79. The third kappa shape index (κ3) is 5.13. The first-order valence-corrected chi connectivity index (χ1v) is 8.55. The van der Waals surface area contributed by atoms with Crippen LogP contribution in [0.2, 0.25) is 0 Å². The number of rotatable bonds is 7. The smallest absolute Gasteiger partial charge is 0.394 e. The molecule has 0 unspecified atom stereocenters. The summed E-state index contributed by atoms with van der Waals surface area (Å²) in [5.74, 6) is -6.47. The quantitative estimate of drug-likeness (QED) is 0.294. The van der Waals surface area contributed by atoms with E-state index in [2.05, 4.69) is 4.84 Å². The lowest BCUT2D eigenvalue weighted by molar-refractivity contribution is -0.348. The first-order valence-electron chi connectivity index (χ1n) is 8.55. The first kappa shape index (κ1) is 26.2. The van der Waals surface area contributed by atoms with Crippen molar-refractivity contribution in [2.75, 3.05) is 18.5 Å². The highest BCUT2D eigenvalue weighted by Crippen LogP contribution is 2.53. The maximum Gasteiger partial charge on any atom is 0.435 e. The van der Waals surface area contributed by atoms with Gasteiger partial charge in [0.25, 0.3) is 5.91 Å². The summed E-state index contributed by atoms with van der Waals surface area (Å²) in [7, 11) is 0. The minimum atomic E-state index is -6.50. The van der Waals surface area contributed by atoms with Crippen LogP contribution in [-0.2, 0) is 10.5 Å². The van der Waals surface area contributed by atoms with Crippen LogP contribution in [0.25, 0.3) is 0 Å². The summed E-state index contributed by atoms with van der Waals surface area (Å²) in [4.78, 5) is 16.5. The Kier molecular flexibility index (Phi) is 7.48. The maximum absolute atomic E-state index is 14.3. The number of halogens is 10. The van der Waals surface area contributed by atoms with Crippen LogP contribution >= 0.6 is 0 Å². The van der Waals surface area contributed by atoms with Crippen molar-refractivity contribution in [3.8, 4) is 0 Å². The zero-order valence-corrected chi connectivity index (χ0v) is 15.8. The minimum absolute atomic E-state index is 0.0618. The second-order valence-corrected chi connectivity index (χ2v) is 6.26. The van der Waals surface area contributed by atoms with Crippen LogP contribution < -0.4 is 10.8 Å². The Bertz CT molecular complexity index is 1010. The molecule has 3 N–H and O–H groups in total. The number of aliphatic hydroxyl groups excluding tert-OH is 1. The Morgan fingerprint density at radius 2 is 1.52 bits per heavy atom. The van der Waals surface area contributed by atoms with E-state index in [4.69, 9.17) is 5.11 Å². The summed E-state index contributed by atoms with van der Waals surface area (Å²) in [5, 5.41) is 10.4. The summed E-state index contributed by atoms with van der Waals surface area (Å²) in [6.07, 6.45) is -13.0. The number of benzene rings is 2. The molecule has 0 aliphatic carbocycles. The van der Waals surface area contributed by atoms with Gasteiger partial charge < -0.3 is 10.4 Å².